The van der Waals surface area contributed by atoms with E-state index in [4.69, 9.17) is 5.73 Å². The molecule has 1 rings (SSSR count). The topological polar surface area (TPSA) is 55.1 Å². The van der Waals surface area contributed by atoms with Gasteiger partial charge < -0.3 is 11.1 Å². The summed E-state index contributed by atoms with van der Waals surface area (Å²) in [6, 6.07) is 5.82. The summed E-state index contributed by atoms with van der Waals surface area (Å²) >= 11 is 3.39. The predicted molar refractivity (Wildman–Crippen MR) is 75.0 cm³/mol. The largest absolute Gasteiger partial charge is 0.329 e. The first kappa shape index (κ1) is 14.2. The smallest absolute Gasteiger partial charge is 0.231 e. The number of hydrogen-bond donors (Lipinski definition) is 2. The highest BCUT2D eigenvalue weighted by molar-refractivity contribution is 9.10. The average Bonchev–Trinajstić information content (AvgIpc) is 2.32. The maximum Gasteiger partial charge on any atom is 0.231 e. The fourth-order valence-electron chi connectivity index (χ4n) is 1.40. The van der Waals surface area contributed by atoms with Gasteiger partial charge >= 0.3 is 0 Å². The Kier molecular flexibility index (Phi) is 4.71. The molecule has 3 nitrogen and oxygen atoms in total. The molecule has 0 spiro atoms. The van der Waals surface area contributed by atoms with Crippen molar-refractivity contribution in [3.63, 3.8) is 0 Å². The minimum absolute atomic E-state index is 0.0244. The highest BCUT2D eigenvalue weighted by Crippen LogP contribution is 2.25. The zero-order valence-corrected chi connectivity index (χ0v) is 12.1. The molecule has 0 aliphatic carbocycles. The molecule has 1 unspecified atom stereocenters. The van der Waals surface area contributed by atoms with Crippen LogP contribution in [0.15, 0.2) is 22.7 Å². The van der Waals surface area contributed by atoms with E-state index in [1.165, 1.54) is 0 Å². The monoisotopic (exact) mass is 298 g/mol. The van der Waals surface area contributed by atoms with Crippen molar-refractivity contribution in [3.8, 4) is 0 Å². The molecule has 0 aliphatic heterocycles. The molecule has 0 bridgehead atoms. The highest BCUT2D eigenvalue weighted by atomic mass is 79.9. The normalized spacial score (nSPS) is 14.2. The van der Waals surface area contributed by atoms with Gasteiger partial charge in [-0.05, 0) is 38.0 Å². The summed E-state index contributed by atoms with van der Waals surface area (Å²) in [5, 5.41) is 2.94. The lowest BCUT2D eigenvalue weighted by molar-refractivity contribution is -0.124. The molecule has 0 saturated heterocycles. The van der Waals surface area contributed by atoms with Crippen molar-refractivity contribution in [3.05, 3.63) is 28.2 Å². The number of amides is 1. The van der Waals surface area contributed by atoms with E-state index in [1.54, 1.807) is 0 Å². The molecule has 17 heavy (non-hydrogen) atoms. The van der Waals surface area contributed by atoms with Crippen molar-refractivity contribution in [2.45, 2.75) is 27.2 Å². The molecule has 94 valence electrons. The Morgan fingerprint density at radius 2 is 2.18 bits per heavy atom. The minimum Gasteiger partial charge on any atom is -0.329 e. The molecule has 1 atom stereocenters. The summed E-state index contributed by atoms with van der Waals surface area (Å²) in [5.41, 5.74) is 7.03. The van der Waals surface area contributed by atoms with Crippen LogP contribution in [-0.2, 0) is 4.79 Å². The molecule has 0 saturated carbocycles. The van der Waals surface area contributed by atoms with Crippen molar-refractivity contribution in [1.82, 2.24) is 0 Å². The summed E-state index contributed by atoms with van der Waals surface area (Å²) in [6.45, 7) is 6.17. The molecule has 1 aromatic carbocycles. The van der Waals surface area contributed by atoms with Crippen molar-refractivity contribution in [2.24, 2.45) is 11.1 Å². The lowest BCUT2D eigenvalue weighted by Gasteiger charge is -2.25. The van der Waals surface area contributed by atoms with E-state index in [2.05, 4.69) is 21.2 Å². The Labute approximate surface area is 111 Å². The molecule has 1 aromatic rings. The summed E-state index contributed by atoms with van der Waals surface area (Å²) in [6.07, 6.45) is 0.725. The van der Waals surface area contributed by atoms with Gasteiger partial charge in [0.05, 0.1) is 5.41 Å². The molecular formula is C13H19BrN2O. The summed E-state index contributed by atoms with van der Waals surface area (Å²) in [4.78, 5) is 12.2. The minimum atomic E-state index is -0.505. The molecule has 3 N–H and O–H groups in total. The number of carbonyl (C=O) groups is 1. The van der Waals surface area contributed by atoms with Crippen LogP contribution in [-0.4, -0.2) is 12.5 Å². The van der Waals surface area contributed by atoms with Gasteiger partial charge in [-0.3, -0.25) is 4.79 Å². The predicted octanol–water partition coefficient (Wildman–Crippen LogP) is 3.07. The van der Waals surface area contributed by atoms with E-state index in [9.17, 15) is 4.79 Å². The van der Waals surface area contributed by atoms with E-state index in [1.807, 2.05) is 39.0 Å². The number of nitrogens with one attached hydrogen (secondary N) is 1. The van der Waals surface area contributed by atoms with Crippen LogP contribution in [0.4, 0.5) is 5.69 Å². The van der Waals surface area contributed by atoms with Crippen LogP contribution in [0.2, 0.25) is 0 Å². The van der Waals surface area contributed by atoms with Crippen molar-refractivity contribution in [2.75, 3.05) is 11.9 Å². The number of carbonyl (C=O) groups excluding carboxylic acids is 1. The lowest BCUT2D eigenvalue weighted by Crippen LogP contribution is -2.39. The fraction of sp³-hybridized carbons (Fsp3) is 0.462. The number of anilines is 1. The van der Waals surface area contributed by atoms with Gasteiger partial charge in [0.2, 0.25) is 5.91 Å². The second-order valence-corrected chi connectivity index (χ2v) is 5.45. The van der Waals surface area contributed by atoms with Crippen LogP contribution in [0.25, 0.3) is 0 Å². The van der Waals surface area contributed by atoms with Gasteiger partial charge in [0.25, 0.3) is 0 Å². The number of benzene rings is 1. The molecule has 0 fully saturated rings. The Morgan fingerprint density at radius 3 is 2.71 bits per heavy atom. The Bertz CT molecular complexity index is 414. The van der Waals surface area contributed by atoms with Crippen molar-refractivity contribution in [1.29, 1.82) is 0 Å². The van der Waals surface area contributed by atoms with Crippen LogP contribution in [0.1, 0.15) is 25.8 Å². The first-order valence-corrected chi connectivity index (χ1v) is 6.50. The van der Waals surface area contributed by atoms with Crippen molar-refractivity contribution < 1.29 is 4.79 Å². The van der Waals surface area contributed by atoms with Crippen LogP contribution in [0.3, 0.4) is 0 Å². The zero-order chi connectivity index (χ0) is 13.1. The zero-order valence-electron chi connectivity index (χ0n) is 10.5. The van der Waals surface area contributed by atoms with Gasteiger partial charge in [-0.2, -0.15) is 0 Å². The second kappa shape index (κ2) is 5.65. The molecule has 1 amide bonds. The standard InChI is InChI=1S/C13H19BrN2O/c1-4-13(3,8-15)12(17)16-11-7-10(14)6-5-9(11)2/h5-7H,4,8,15H2,1-3H3,(H,16,17). The van der Waals surface area contributed by atoms with Gasteiger partial charge in [0.1, 0.15) is 0 Å². The van der Waals surface area contributed by atoms with Crippen LogP contribution in [0.5, 0.6) is 0 Å². The quantitative estimate of drug-likeness (QED) is 0.897. The molecular weight excluding hydrogens is 280 g/mol. The van der Waals surface area contributed by atoms with E-state index < -0.39 is 5.41 Å². The second-order valence-electron chi connectivity index (χ2n) is 4.53. The third kappa shape index (κ3) is 3.30. The number of nitrogens with two attached hydrogens (primary N) is 1. The summed E-state index contributed by atoms with van der Waals surface area (Å²) in [5.74, 6) is -0.0244. The summed E-state index contributed by atoms with van der Waals surface area (Å²) < 4.78 is 0.948. The molecule has 0 aromatic heterocycles. The van der Waals surface area contributed by atoms with Gasteiger partial charge in [-0.25, -0.2) is 0 Å². The fourth-order valence-corrected chi connectivity index (χ4v) is 1.76. The third-order valence-corrected chi connectivity index (χ3v) is 3.72. The van der Waals surface area contributed by atoms with Crippen LogP contribution < -0.4 is 11.1 Å². The van der Waals surface area contributed by atoms with Crippen LogP contribution in [0, 0.1) is 12.3 Å². The molecule has 0 radical (unpaired) electrons. The first-order valence-electron chi connectivity index (χ1n) is 5.70. The van der Waals surface area contributed by atoms with E-state index in [-0.39, 0.29) is 5.91 Å². The molecule has 4 heteroatoms. The van der Waals surface area contributed by atoms with Crippen molar-refractivity contribution >= 4 is 27.5 Å². The molecule has 0 heterocycles. The molecule has 0 aliphatic rings. The van der Waals surface area contributed by atoms with E-state index in [0.717, 1.165) is 22.1 Å². The summed E-state index contributed by atoms with van der Waals surface area (Å²) in [7, 11) is 0. The Hall–Kier alpha value is -0.870. The third-order valence-electron chi connectivity index (χ3n) is 3.23. The van der Waals surface area contributed by atoms with E-state index in [0.29, 0.717) is 6.54 Å². The van der Waals surface area contributed by atoms with Gasteiger partial charge in [0.15, 0.2) is 0 Å². The Balaban J connectivity index is 2.91. The number of halogens is 1. The Morgan fingerprint density at radius 1 is 1.53 bits per heavy atom. The van der Waals surface area contributed by atoms with Gasteiger partial charge in [-0.1, -0.05) is 28.9 Å². The lowest BCUT2D eigenvalue weighted by atomic mass is 9.86. The van der Waals surface area contributed by atoms with Gasteiger partial charge in [0, 0.05) is 16.7 Å². The maximum atomic E-state index is 12.2. The SMILES string of the molecule is CCC(C)(CN)C(=O)Nc1cc(Br)ccc1C. The average molecular weight is 299 g/mol. The highest BCUT2D eigenvalue weighted by Gasteiger charge is 2.29. The number of hydrogen-bond acceptors (Lipinski definition) is 2. The van der Waals surface area contributed by atoms with Gasteiger partial charge in [-0.15, -0.1) is 0 Å². The maximum absolute atomic E-state index is 12.2. The number of rotatable bonds is 4. The first-order chi connectivity index (χ1) is 7.92. The van der Waals surface area contributed by atoms with Crippen LogP contribution >= 0.6 is 15.9 Å². The van der Waals surface area contributed by atoms with E-state index >= 15 is 0 Å². The number of aryl methyl sites for hydroxylation is 1.